The summed E-state index contributed by atoms with van der Waals surface area (Å²) in [5, 5.41) is 12.4. The summed E-state index contributed by atoms with van der Waals surface area (Å²) in [6, 6.07) is 28.9. The topological polar surface area (TPSA) is 52.6 Å². The molecule has 0 unspecified atom stereocenters. The third kappa shape index (κ3) is 5.77. The Morgan fingerprint density at radius 3 is 1.97 bits per heavy atom. The maximum Gasteiger partial charge on any atom is 0.221 e. The lowest BCUT2D eigenvalue weighted by molar-refractivity contribution is -0.121. The van der Waals surface area contributed by atoms with Gasteiger partial charge in [-0.3, -0.25) is 4.79 Å². The predicted octanol–water partition coefficient (Wildman–Crippen LogP) is 4.73. The van der Waals surface area contributed by atoms with Gasteiger partial charge in [0.1, 0.15) is 0 Å². The molecule has 2 N–H and O–H groups in total. The zero-order valence-electron chi connectivity index (χ0n) is 18.5. The highest BCUT2D eigenvalue weighted by molar-refractivity contribution is 5.77. The van der Waals surface area contributed by atoms with Crippen LogP contribution in [0.15, 0.2) is 84.9 Å². The molecule has 0 aromatic heterocycles. The summed E-state index contributed by atoms with van der Waals surface area (Å²) in [4.78, 5) is 15.2. The Morgan fingerprint density at radius 1 is 0.875 bits per heavy atom. The lowest BCUT2D eigenvalue weighted by atomic mass is 9.88. The van der Waals surface area contributed by atoms with Gasteiger partial charge in [0.2, 0.25) is 5.91 Å². The third-order valence-corrected chi connectivity index (χ3v) is 6.46. The van der Waals surface area contributed by atoms with Gasteiger partial charge in [-0.05, 0) is 47.6 Å². The average molecular weight is 429 g/mol. The third-order valence-electron chi connectivity index (χ3n) is 6.46. The Labute approximate surface area is 190 Å². The highest BCUT2D eigenvalue weighted by atomic mass is 16.3. The van der Waals surface area contributed by atoms with E-state index in [-0.39, 0.29) is 11.8 Å². The minimum atomic E-state index is 0.0432. The molecular formula is C28H32N2O2. The molecule has 3 aromatic rings. The number of hydrogen-bond acceptors (Lipinski definition) is 3. The summed E-state index contributed by atoms with van der Waals surface area (Å²) in [5.74, 6) is 0.538. The van der Waals surface area contributed by atoms with Crippen molar-refractivity contribution in [2.75, 3.05) is 24.6 Å². The van der Waals surface area contributed by atoms with Crippen LogP contribution in [0, 0.1) is 5.92 Å². The smallest absolute Gasteiger partial charge is 0.221 e. The molecule has 0 atom stereocenters. The number of aliphatic hydroxyl groups excluding tert-OH is 1. The van der Waals surface area contributed by atoms with E-state index in [1.165, 1.54) is 5.69 Å². The fourth-order valence-electron chi connectivity index (χ4n) is 4.46. The number of aliphatic hydroxyl groups is 1. The number of rotatable bonds is 8. The number of nitrogens with one attached hydrogen (secondary N) is 1. The van der Waals surface area contributed by atoms with Crippen LogP contribution in [-0.2, 0) is 11.3 Å². The maximum atomic E-state index is 12.8. The van der Waals surface area contributed by atoms with Crippen LogP contribution in [0.25, 0.3) is 0 Å². The van der Waals surface area contributed by atoms with Gasteiger partial charge >= 0.3 is 0 Å². The molecule has 1 aliphatic heterocycles. The van der Waals surface area contributed by atoms with E-state index in [9.17, 15) is 9.90 Å². The van der Waals surface area contributed by atoms with E-state index in [1.54, 1.807) is 0 Å². The van der Waals surface area contributed by atoms with Crippen molar-refractivity contribution in [1.29, 1.82) is 0 Å². The molecule has 1 heterocycles. The summed E-state index contributed by atoms with van der Waals surface area (Å²) >= 11 is 0. The summed E-state index contributed by atoms with van der Waals surface area (Å²) in [7, 11) is 0. The van der Waals surface area contributed by atoms with Crippen molar-refractivity contribution in [3.05, 3.63) is 102 Å². The first-order valence-corrected chi connectivity index (χ1v) is 11.5. The van der Waals surface area contributed by atoms with E-state index in [0.29, 0.717) is 25.5 Å². The number of carbonyl (C=O) groups is 1. The van der Waals surface area contributed by atoms with Crippen LogP contribution >= 0.6 is 0 Å². The van der Waals surface area contributed by atoms with Crippen LogP contribution in [0.3, 0.4) is 0 Å². The van der Waals surface area contributed by atoms with Crippen molar-refractivity contribution in [3.63, 3.8) is 0 Å². The molecule has 0 radical (unpaired) electrons. The van der Waals surface area contributed by atoms with Crippen LogP contribution in [0.4, 0.5) is 5.69 Å². The van der Waals surface area contributed by atoms with Crippen molar-refractivity contribution in [2.45, 2.75) is 31.7 Å². The van der Waals surface area contributed by atoms with E-state index >= 15 is 0 Å². The van der Waals surface area contributed by atoms with Gasteiger partial charge in [0, 0.05) is 44.3 Å². The average Bonchev–Trinajstić information content (AvgIpc) is 2.87. The SMILES string of the molecule is O=C(CC(c1ccccc1)c1ccccc1)NCc1ccc(N2CCC(CO)CC2)cc1. The highest BCUT2D eigenvalue weighted by Gasteiger charge is 2.19. The fraction of sp³-hybridized carbons (Fsp3) is 0.321. The molecule has 0 saturated carbocycles. The van der Waals surface area contributed by atoms with Crippen molar-refractivity contribution >= 4 is 11.6 Å². The molecule has 4 heteroatoms. The van der Waals surface area contributed by atoms with E-state index < -0.39 is 0 Å². The molecule has 0 spiro atoms. The van der Waals surface area contributed by atoms with Gasteiger partial charge < -0.3 is 15.3 Å². The molecule has 32 heavy (non-hydrogen) atoms. The minimum Gasteiger partial charge on any atom is -0.396 e. The number of benzene rings is 3. The molecule has 3 aromatic carbocycles. The Morgan fingerprint density at radius 2 is 1.44 bits per heavy atom. The maximum absolute atomic E-state index is 12.8. The predicted molar refractivity (Wildman–Crippen MR) is 130 cm³/mol. The first-order chi connectivity index (χ1) is 15.7. The standard InChI is InChI=1S/C28H32N2O2/c31-21-23-15-17-30(18-16-23)26-13-11-22(12-14-26)20-29-28(32)19-27(24-7-3-1-4-8-24)25-9-5-2-6-10-25/h1-14,23,27,31H,15-21H2,(H,29,32). The molecule has 1 saturated heterocycles. The Kier molecular flexibility index (Phi) is 7.57. The Bertz CT molecular complexity index is 926. The minimum absolute atomic E-state index is 0.0432. The molecule has 1 aliphatic rings. The number of hydrogen-bond donors (Lipinski definition) is 2. The van der Waals surface area contributed by atoms with Gasteiger partial charge in [-0.1, -0.05) is 72.8 Å². The fourth-order valence-corrected chi connectivity index (χ4v) is 4.46. The summed E-state index contributed by atoms with van der Waals surface area (Å²) in [6.45, 7) is 2.80. The Balaban J connectivity index is 1.33. The van der Waals surface area contributed by atoms with Gasteiger partial charge in [-0.2, -0.15) is 0 Å². The number of nitrogens with zero attached hydrogens (tertiary/aromatic N) is 1. The van der Waals surface area contributed by atoms with Gasteiger partial charge in [0.25, 0.3) is 0 Å². The first kappa shape index (κ1) is 22.1. The first-order valence-electron chi connectivity index (χ1n) is 11.5. The normalized spacial score (nSPS) is 14.5. The zero-order chi connectivity index (χ0) is 22.2. The number of carbonyl (C=O) groups excluding carboxylic acids is 1. The van der Waals surface area contributed by atoms with Crippen LogP contribution in [0.2, 0.25) is 0 Å². The van der Waals surface area contributed by atoms with E-state index in [4.69, 9.17) is 0 Å². The van der Waals surface area contributed by atoms with Gasteiger partial charge in [0.15, 0.2) is 0 Å². The van der Waals surface area contributed by atoms with Crippen LogP contribution in [-0.4, -0.2) is 30.7 Å². The quantitative estimate of drug-likeness (QED) is 0.545. The molecule has 1 amide bonds. The lowest BCUT2D eigenvalue weighted by Crippen LogP contribution is -2.34. The monoisotopic (exact) mass is 428 g/mol. The van der Waals surface area contributed by atoms with Crippen molar-refractivity contribution < 1.29 is 9.90 Å². The van der Waals surface area contributed by atoms with Crippen molar-refractivity contribution in [3.8, 4) is 0 Å². The molecule has 0 aliphatic carbocycles. The zero-order valence-corrected chi connectivity index (χ0v) is 18.5. The van der Waals surface area contributed by atoms with E-state index in [1.807, 2.05) is 36.4 Å². The number of anilines is 1. The van der Waals surface area contributed by atoms with Gasteiger partial charge in [-0.15, -0.1) is 0 Å². The molecule has 1 fully saturated rings. The summed E-state index contributed by atoms with van der Waals surface area (Å²) < 4.78 is 0. The lowest BCUT2D eigenvalue weighted by Gasteiger charge is -2.33. The van der Waals surface area contributed by atoms with E-state index in [0.717, 1.165) is 42.6 Å². The second-order valence-electron chi connectivity index (χ2n) is 8.63. The highest BCUT2D eigenvalue weighted by Crippen LogP contribution is 2.28. The number of amides is 1. The van der Waals surface area contributed by atoms with Crippen LogP contribution in [0.5, 0.6) is 0 Å². The van der Waals surface area contributed by atoms with Crippen molar-refractivity contribution in [2.24, 2.45) is 5.92 Å². The van der Waals surface area contributed by atoms with E-state index in [2.05, 4.69) is 58.7 Å². The van der Waals surface area contributed by atoms with Gasteiger partial charge in [-0.25, -0.2) is 0 Å². The van der Waals surface area contributed by atoms with Crippen LogP contribution in [0.1, 0.15) is 41.9 Å². The summed E-state index contributed by atoms with van der Waals surface area (Å²) in [5.41, 5.74) is 4.62. The molecule has 0 bridgehead atoms. The Hall–Kier alpha value is -3.11. The molecule has 4 nitrogen and oxygen atoms in total. The van der Waals surface area contributed by atoms with Gasteiger partial charge in [0.05, 0.1) is 0 Å². The van der Waals surface area contributed by atoms with Crippen molar-refractivity contribution in [1.82, 2.24) is 5.32 Å². The molecule has 166 valence electrons. The molecular weight excluding hydrogens is 396 g/mol. The van der Waals surface area contributed by atoms with Crippen LogP contribution < -0.4 is 10.2 Å². The molecule has 4 rings (SSSR count). The summed E-state index contributed by atoms with van der Waals surface area (Å²) in [6.07, 6.45) is 2.50. The second kappa shape index (κ2) is 11.0. The second-order valence-corrected chi connectivity index (χ2v) is 8.63. The largest absolute Gasteiger partial charge is 0.396 e. The number of piperidine rings is 1.